The van der Waals surface area contributed by atoms with E-state index in [1.165, 1.54) is 44.9 Å². The molecule has 6 aliphatic rings. The Morgan fingerprint density at radius 3 is 2.09 bits per heavy atom. The van der Waals surface area contributed by atoms with Gasteiger partial charge < -0.3 is 14.9 Å². The van der Waals surface area contributed by atoms with Crippen LogP contribution in [0.3, 0.4) is 0 Å². The predicted octanol–water partition coefficient (Wildman–Crippen LogP) is 6.21. The molecule has 1 heterocycles. The number of hydrogen-bond acceptors (Lipinski definition) is 3. The first-order chi connectivity index (χ1) is 15.2. The highest BCUT2D eigenvalue weighted by atomic mass is 16.6. The Balaban J connectivity index is 1.40. The van der Waals surface area contributed by atoms with Gasteiger partial charge in [0.2, 0.25) is 0 Å². The van der Waals surface area contributed by atoms with Gasteiger partial charge in [-0.05, 0) is 115 Å². The number of hydrogen-bond donors (Lipinski definition) is 2. The Labute approximate surface area is 202 Å². The summed E-state index contributed by atoms with van der Waals surface area (Å²) in [6, 6.07) is 0. The second kappa shape index (κ2) is 6.41. The average Bonchev–Trinajstić information content (AvgIpc) is 3.54. The second-order valence-corrected chi connectivity index (χ2v) is 15.6. The molecule has 0 amide bonds. The molecule has 1 aliphatic heterocycles. The molecule has 188 valence electrons. The molecule has 3 nitrogen and oxygen atoms in total. The molecule has 0 aromatic rings. The fourth-order valence-corrected chi connectivity index (χ4v) is 12.1. The third kappa shape index (κ3) is 2.49. The number of aliphatic hydroxyl groups excluding tert-OH is 1. The molecule has 13 atom stereocenters. The molecule has 5 saturated carbocycles. The Kier molecular flexibility index (Phi) is 4.52. The van der Waals surface area contributed by atoms with Crippen molar-refractivity contribution >= 4 is 0 Å². The Morgan fingerprint density at radius 1 is 0.697 bits per heavy atom. The fourth-order valence-electron chi connectivity index (χ4n) is 12.1. The van der Waals surface area contributed by atoms with Crippen molar-refractivity contribution in [3.8, 4) is 0 Å². The van der Waals surface area contributed by atoms with Gasteiger partial charge in [0, 0.05) is 0 Å². The maximum Gasteiger partial charge on any atom is 0.113 e. The summed E-state index contributed by atoms with van der Waals surface area (Å²) in [6.45, 7) is 19.5. The Morgan fingerprint density at radius 2 is 1.39 bits per heavy atom. The fraction of sp³-hybridized carbons (Fsp3) is 1.00. The number of aliphatic hydroxyl groups is 2. The van der Waals surface area contributed by atoms with E-state index in [0.717, 1.165) is 12.3 Å². The zero-order valence-electron chi connectivity index (χ0n) is 22.6. The van der Waals surface area contributed by atoms with Crippen molar-refractivity contribution in [3.05, 3.63) is 0 Å². The largest absolute Gasteiger partial charge is 0.393 e. The van der Waals surface area contributed by atoms with Gasteiger partial charge in [-0.2, -0.15) is 0 Å². The van der Waals surface area contributed by atoms with E-state index in [1.54, 1.807) is 0 Å². The summed E-state index contributed by atoms with van der Waals surface area (Å²) in [5.41, 5.74) is 0.536. The molecular weight excluding hydrogens is 408 g/mol. The second-order valence-electron chi connectivity index (χ2n) is 15.6. The van der Waals surface area contributed by atoms with Crippen LogP contribution in [0.2, 0.25) is 0 Å². The minimum absolute atomic E-state index is 0.0200. The monoisotopic (exact) mass is 458 g/mol. The van der Waals surface area contributed by atoms with Crippen LogP contribution in [0.4, 0.5) is 0 Å². The molecule has 6 rings (SSSR count). The summed E-state index contributed by atoms with van der Waals surface area (Å²) in [7, 11) is 0. The highest BCUT2D eigenvalue weighted by Crippen LogP contribution is 2.78. The van der Waals surface area contributed by atoms with Crippen LogP contribution < -0.4 is 0 Å². The van der Waals surface area contributed by atoms with Gasteiger partial charge in [-0.3, -0.25) is 0 Å². The lowest BCUT2D eigenvalue weighted by Gasteiger charge is -2.73. The maximum atomic E-state index is 11.5. The zero-order valence-corrected chi connectivity index (χ0v) is 22.6. The van der Waals surface area contributed by atoms with Crippen molar-refractivity contribution in [2.45, 2.75) is 131 Å². The van der Waals surface area contributed by atoms with Gasteiger partial charge in [0.05, 0.1) is 17.8 Å². The van der Waals surface area contributed by atoms with E-state index >= 15 is 0 Å². The van der Waals surface area contributed by atoms with Crippen LogP contribution in [0.25, 0.3) is 0 Å². The molecule has 33 heavy (non-hydrogen) atoms. The molecule has 1 saturated heterocycles. The number of ether oxygens (including phenoxy) is 1. The van der Waals surface area contributed by atoms with Crippen molar-refractivity contribution < 1.29 is 14.9 Å². The first kappa shape index (κ1) is 23.3. The molecule has 5 aliphatic carbocycles. The molecule has 6 fully saturated rings. The minimum atomic E-state index is -0.696. The van der Waals surface area contributed by atoms with Crippen molar-refractivity contribution in [2.75, 3.05) is 0 Å². The highest BCUT2D eigenvalue weighted by Gasteiger charge is 2.76. The predicted molar refractivity (Wildman–Crippen MR) is 132 cm³/mol. The molecular formula is C30H50O3. The summed E-state index contributed by atoms with van der Waals surface area (Å²) in [5.74, 6) is 2.86. The average molecular weight is 459 g/mol. The Hall–Kier alpha value is -0.120. The summed E-state index contributed by atoms with van der Waals surface area (Å²) in [5, 5.41) is 22.4. The third-order valence-corrected chi connectivity index (χ3v) is 14.5. The third-order valence-electron chi connectivity index (χ3n) is 14.5. The van der Waals surface area contributed by atoms with Gasteiger partial charge in [-0.1, -0.05) is 48.5 Å². The van der Waals surface area contributed by atoms with E-state index < -0.39 is 5.60 Å². The lowest BCUT2D eigenvalue weighted by Crippen LogP contribution is -2.69. The smallest absolute Gasteiger partial charge is 0.113 e. The van der Waals surface area contributed by atoms with E-state index in [0.29, 0.717) is 34.0 Å². The summed E-state index contributed by atoms with van der Waals surface area (Å²) in [4.78, 5) is 0. The molecule has 3 heteroatoms. The molecule has 2 N–H and O–H groups in total. The van der Waals surface area contributed by atoms with Crippen LogP contribution in [-0.4, -0.2) is 34.1 Å². The van der Waals surface area contributed by atoms with Crippen LogP contribution in [0.5, 0.6) is 0 Å². The normalized spacial score (nSPS) is 65.6. The molecule has 13 unspecified atom stereocenters. The van der Waals surface area contributed by atoms with Crippen molar-refractivity contribution in [1.29, 1.82) is 0 Å². The molecule has 0 radical (unpaired) electrons. The van der Waals surface area contributed by atoms with Crippen molar-refractivity contribution in [3.63, 3.8) is 0 Å². The molecule has 0 spiro atoms. The topological polar surface area (TPSA) is 53.0 Å². The maximum absolute atomic E-state index is 11.5. The van der Waals surface area contributed by atoms with Crippen LogP contribution in [0.15, 0.2) is 0 Å². The summed E-state index contributed by atoms with van der Waals surface area (Å²) in [6.07, 6.45) is 10.1. The van der Waals surface area contributed by atoms with Gasteiger partial charge >= 0.3 is 0 Å². The van der Waals surface area contributed by atoms with Crippen LogP contribution in [-0.2, 0) is 4.74 Å². The van der Waals surface area contributed by atoms with Crippen LogP contribution >= 0.6 is 0 Å². The van der Waals surface area contributed by atoms with Gasteiger partial charge in [-0.15, -0.1) is 0 Å². The van der Waals surface area contributed by atoms with E-state index in [-0.39, 0.29) is 35.1 Å². The standard InChI is InChI=1S/C30H50O3/c1-17-22-18-9-10-20-26(4)13-12-21(31)25(2,3)19(26)11-14-29(20,7)28(18,6)16-15-27(22,5)23-24(33-23)30(17,8)32/h17-24,31-32H,9-16H2,1-8H3. The SMILES string of the molecule is CC1C2C3CCC4C5(C)CCC(O)C(C)(C)C5CCC4(C)C3(C)CCC2(C)C2OC2C1(C)O. The quantitative estimate of drug-likeness (QED) is 0.425. The lowest BCUT2D eigenvalue weighted by molar-refractivity contribution is -0.260. The minimum Gasteiger partial charge on any atom is -0.393 e. The Bertz CT molecular complexity index is 849. The summed E-state index contributed by atoms with van der Waals surface area (Å²) >= 11 is 0. The molecule has 0 aromatic carbocycles. The zero-order chi connectivity index (χ0) is 24.0. The first-order valence-corrected chi connectivity index (χ1v) is 14.2. The number of epoxide rings is 1. The first-order valence-electron chi connectivity index (χ1n) is 14.2. The van der Waals surface area contributed by atoms with E-state index in [2.05, 4.69) is 55.4 Å². The molecule has 0 aromatic heterocycles. The van der Waals surface area contributed by atoms with Gasteiger partial charge in [0.25, 0.3) is 0 Å². The van der Waals surface area contributed by atoms with Gasteiger partial charge in [0.1, 0.15) is 6.10 Å². The van der Waals surface area contributed by atoms with E-state index in [9.17, 15) is 10.2 Å². The van der Waals surface area contributed by atoms with Crippen molar-refractivity contribution in [1.82, 2.24) is 0 Å². The van der Waals surface area contributed by atoms with Crippen molar-refractivity contribution in [2.24, 2.45) is 56.7 Å². The van der Waals surface area contributed by atoms with Gasteiger partial charge in [-0.25, -0.2) is 0 Å². The van der Waals surface area contributed by atoms with Gasteiger partial charge in [0.15, 0.2) is 0 Å². The lowest BCUT2D eigenvalue weighted by atomic mass is 9.31. The number of fused-ring (bicyclic) bond motifs is 9. The number of rotatable bonds is 0. The molecule has 0 bridgehead atoms. The van der Waals surface area contributed by atoms with E-state index in [1.807, 2.05) is 0 Å². The van der Waals surface area contributed by atoms with Crippen LogP contribution in [0, 0.1) is 56.7 Å². The van der Waals surface area contributed by atoms with Crippen LogP contribution in [0.1, 0.15) is 107 Å². The summed E-state index contributed by atoms with van der Waals surface area (Å²) < 4.78 is 6.23. The highest BCUT2D eigenvalue weighted by molar-refractivity contribution is 5.24. The van der Waals surface area contributed by atoms with E-state index in [4.69, 9.17) is 4.74 Å².